The Balaban J connectivity index is 1.43. The SMILES string of the molecule is O=c1cc(CN2CCC[C@H]2c2nc3c([nH]2)CCCC3)nc2ccccn12. The van der Waals surface area contributed by atoms with Gasteiger partial charge in [-0.2, -0.15) is 0 Å². The lowest BCUT2D eigenvalue weighted by Crippen LogP contribution is -2.26. The summed E-state index contributed by atoms with van der Waals surface area (Å²) in [7, 11) is 0. The number of hydrogen-bond acceptors (Lipinski definition) is 4. The van der Waals surface area contributed by atoms with Crippen LogP contribution in [-0.2, 0) is 19.4 Å². The number of imidazole rings is 1. The zero-order chi connectivity index (χ0) is 17.5. The minimum atomic E-state index is -0.0187. The Morgan fingerprint density at radius 1 is 1.15 bits per heavy atom. The maximum atomic E-state index is 12.3. The van der Waals surface area contributed by atoms with Crippen molar-refractivity contribution in [3.63, 3.8) is 0 Å². The summed E-state index contributed by atoms with van der Waals surface area (Å²) in [6.07, 6.45) is 8.76. The van der Waals surface area contributed by atoms with Gasteiger partial charge < -0.3 is 4.98 Å². The Labute approximate surface area is 151 Å². The first-order valence-corrected chi connectivity index (χ1v) is 9.57. The molecule has 0 amide bonds. The van der Waals surface area contributed by atoms with E-state index in [2.05, 4.69) is 14.9 Å². The van der Waals surface area contributed by atoms with Crippen molar-refractivity contribution in [2.75, 3.05) is 6.54 Å². The summed E-state index contributed by atoms with van der Waals surface area (Å²) < 4.78 is 1.59. The van der Waals surface area contributed by atoms with Gasteiger partial charge in [0, 0.05) is 24.5 Å². The summed E-state index contributed by atoms with van der Waals surface area (Å²) in [5.41, 5.74) is 4.12. The van der Waals surface area contributed by atoms with Crippen LogP contribution in [0, 0.1) is 0 Å². The predicted octanol–water partition coefficient (Wildman–Crippen LogP) is 2.63. The van der Waals surface area contributed by atoms with E-state index < -0.39 is 0 Å². The Bertz CT molecular complexity index is 981. The van der Waals surface area contributed by atoms with Crippen LogP contribution < -0.4 is 5.56 Å². The summed E-state index contributed by atoms with van der Waals surface area (Å²) in [4.78, 5) is 27.9. The van der Waals surface area contributed by atoms with Crippen LogP contribution in [-0.4, -0.2) is 30.8 Å². The number of hydrogen-bond donors (Lipinski definition) is 1. The highest BCUT2D eigenvalue weighted by molar-refractivity contribution is 5.38. The Hall–Kier alpha value is -2.47. The molecule has 5 rings (SSSR count). The molecule has 2 aliphatic rings. The van der Waals surface area contributed by atoms with Crippen molar-refractivity contribution in [3.8, 4) is 0 Å². The number of nitrogens with zero attached hydrogens (tertiary/aromatic N) is 4. The monoisotopic (exact) mass is 349 g/mol. The van der Waals surface area contributed by atoms with E-state index in [1.54, 1.807) is 16.7 Å². The number of H-pyrrole nitrogens is 1. The van der Waals surface area contributed by atoms with E-state index in [-0.39, 0.29) is 5.56 Å². The average Bonchev–Trinajstić information content (AvgIpc) is 3.28. The first-order chi connectivity index (χ1) is 12.8. The fourth-order valence-electron chi connectivity index (χ4n) is 4.35. The van der Waals surface area contributed by atoms with E-state index in [1.807, 2.05) is 18.2 Å². The Kier molecular flexibility index (Phi) is 3.85. The van der Waals surface area contributed by atoms with Crippen molar-refractivity contribution in [3.05, 3.63) is 63.7 Å². The molecule has 0 saturated carbocycles. The third kappa shape index (κ3) is 2.74. The summed E-state index contributed by atoms with van der Waals surface area (Å²) in [6.45, 7) is 1.71. The smallest absolute Gasteiger partial charge is 0.258 e. The van der Waals surface area contributed by atoms with Crippen molar-refractivity contribution in [1.82, 2.24) is 24.3 Å². The summed E-state index contributed by atoms with van der Waals surface area (Å²) >= 11 is 0. The van der Waals surface area contributed by atoms with Crippen LogP contribution in [0.5, 0.6) is 0 Å². The van der Waals surface area contributed by atoms with Crippen molar-refractivity contribution in [1.29, 1.82) is 0 Å². The molecule has 1 fully saturated rings. The van der Waals surface area contributed by atoms with Crippen LogP contribution in [0.15, 0.2) is 35.3 Å². The van der Waals surface area contributed by atoms with Gasteiger partial charge in [0.1, 0.15) is 11.5 Å². The van der Waals surface area contributed by atoms with E-state index in [0.717, 1.165) is 43.7 Å². The molecule has 1 N–H and O–H groups in total. The lowest BCUT2D eigenvalue weighted by molar-refractivity contribution is 0.238. The largest absolute Gasteiger partial charge is 0.344 e. The van der Waals surface area contributed by atoms with Crippen molar-refractivity contribution >= 4 is 5.65 Å². The highest BCUT2D eigenvalue weighted by Gasteiger charge is 2.30. The Morgan fingerprint density at radius 3 is 3.00 bits per heavy atom. The van der Waals surface area contributed by atoms with Crippen LogP contribution in [0.2, 0.25) is 0 Å². The molecule has 1 aliphatic heterocycles. The van der Waals surface area contributed by atoms with E-state index in [9.17, 15) is 4.79 Å². The highest BCUT2D eigenvalue weighted by Crippen LogP contribution is 2.33. The quantitative estimate of drug-likeness (QED) is 0.789. The number of fused-ring (bicyclic) bond motifs is 2. The molecule has 6 nitrogen and oxygen atoms in total. The molecule has 1 saturated heterocycles. The molecule has 0 bridgehead atoms. The lowest BCUT2D eigenvalue weighted by Gasteiger charge is -2.22. The molecule has 0 unspecified atom stereocenters. The number of aromatic nitrogens is 4. The van der Waals surface area contributed by atoms with Gasteiger partial charge in [-0.25, -0.2) is 9.97 Å². The number of nitrogens with one attached hydrogen (secondary N) is 1. The van der Waals surface area contributed by atoms with Gasteiger partial charge in [-0.15, -0.1) is 0 Å². The summed E-state index contributed by atoms with van der Waals surface area (Å²) in [6, 6.07) is 7.61. The van der Waals surface area contributed by atoms with Crippen molar-refractivity contribution < 1.29 is 0 Å². The lowest BCUT2D eigenvalue weighted by atomic mass is 10.0. The van der Waals surface area contributed by atoms with Crippen LogP contribution in [0.1, 0.15) is 54.6 Å². The van der Waals surface area contributed by atoms with Gasteiger partial charge in [-0.3, -0.25) is 14.1 Å². The molecular formula is C20H23N5O. The fourth-order valence-corrected chi connectivity index (χ4v) is 4.35. The number of aryl methyl sites for hydroxylation is 2. The van der Waals surface area contributed by atoms with E-state index in [1.165, 1.54) is 24.2 Å². The predicted molar refractivity (Wildman–Crippen MR) is 99.1 cm³/mol. The minimum absolute atomic E-state index is 0.0187. The van der Waals surface area contributed by atoms with Crippen LogP contribution in [0.3, 0.4) is 0 Å². The molecule has 0 spiro atoms. The maximum Gasteiger partial charge on any atom is 0.258 e. The number of aromatic amines is 1. The molecule has 3 aromatic heterocycles. The molecule has 4 heterocycles. The van der Waals surface area contributed by atoms with Gasteiger partial charge in [-0.1, -0.05) is 6.07 Å². The molecule has 1 atom stereocenters. The second-order valence-corrected chi connectivity index (χ2v) is 7.40. The zero-order valence-corrected chi connectivity index (χ0v) is 14.8. The average molecular weight is 349 g/mol. The van der Waals surface area contributed by atoms with Crippen LogP contribution in [0.4, 0.5) is 0 Å². The summed E-state index contributed by atoms with van der Waals surface area (Å²) in [5, 5.41) is 0. The van der Waals surface area contributed by atoms with E-state index >= 15 is 0 Å². The second-order valence-electron chi connectivity index (χ2n) is 7.40. The molecule has 0 radical (unpaired) electrons. The van der Waals surface area contributed by atoms with Crippen molar-refractivity contribution in [2.24, 2.45) is 0 Å². The highest BCUT2D eigenvalue weighted by atomic mass is 16.1. The van der Waals surface area contributed by atoms with E-state index in [4.69, 9.17) is 4.98 Å². The third-order valence-electron chi connectivity index (χ3n) is 5.64. The minimum Gasteiger partial charge on any atom is -0.344 e. The van der Waals surface area contributed by atoms with Crippen molar-refractivity contribution in [2.45, 2.75) is 51.1 Å². The van der Waals surface area contributed by atoms with Gasteiger partial charge >= 0.3 is 0 Å². The Morgan fingerprint density at radius 2 is 2.08 bits per heavy atom. The molecule has 0 aromatic carbocycles. The first kappa shape index (κ1) is 15.8. The fraction of sp³-hybridized carbons (Fsp3) is 0.450. The number of likely N-dealkylation sites (tertiary alicyclic amines) is 1. The molecule has 134 valence electrons. The molecular weight excluding hydrogens is 326 g/mol. The number of rotatable bonds is 3. The van der Waals surface area contributed by atoms with Crippen LogP contribution in [0.25, 0.3) is 5.65 Å². The van der Waals surface area contributed by atoms with Gasteiger partial charge in [0.25, 0.3) is 5.56 Å². The molecule has 3 aromatic rings. The standard InChI is InChI=1S/C20H23N5O/c26-19-12-14(21-18-9-3-4-11-25(18)19)13-24-10-5-8-17(24)20-22-15-6-1-2-7-16(15)23-20/h3-4,9,11-12,17H,1-2,5-8,10,13H2,(H,22,23)/t17-/m0/s1. The second kappa shape index (κ2) is 6.36. The topological polar surface area (TPSA) is 66.3 Å². The first-order valence-electron chi connectivity index (χ1n) is 9.57. The van der Waals surface area contributed by atoms with Gasteiger partial charge in [-0.05, 0) is 57.2 Å². The van der Waals surface area contributed by atoms with Gasteiger partial charge in [0.05, 0.1) is 17.4 Å². The van der Waals surface area contributed by atoms with Gasteiger partial charge in [0.2, 0.25) is 0 Å². The summed E-state index contributed by atoms with van der Waals surface area (Å²) in [5.74, 6) is 1.10. The molecule has 6 heteroatoms. The molecule has 26 heavy (non-hydrogen) atoms. The molecule has 1 aliphatic carbocycles. The zero-order valence-electron chi connectivity index (χ0n) is 14.8. The third-order valence-corrected chi connectivity index (χ3v) is 5.64. The van der Waals surface area contributed by atoms with Gasteiger partial charge in [0.15, 0.2) is 0 Å². The van der Waals surface area contributed by atoms with E-state index in [0.29, 0.717) is 18.2 Å². The maximum absolute atomic E-state index is 12.3. The normalized spacial score (nSPS) is 20.5. The number of pyridine rings is 1. The van der Waals surface area contributed by atoms with Crippen LogP contribution >= 0.6 is 0 Å².